The Morgan fingerprint density at radius 2 is 2.03 bits per heavy atom. The molecule has 2 N–H and O–H groups in total. The van der Waals surface area contributed by atoms with Crippen molar-refractivity contribution in [1.29, 1.82) is 10.5 Å². The molecule has 0 saturated heterocycles. The van der Waals surface area contributed by atoms with E-state index >= 15 is 0 Å². The maximum absolute atomic E-state index is 12.3. The Balaban J connectivity index is 1.88. The fraction of sp³-hybridized carbons (Fsp3) is 0.136. The van der Waals surface area contributed by atoms with Crippen LogP contribution in [0.1, 0.15) is 18.1 Å². The molecule has 0 fully saturated rings. The molecule has 3 aromatic rings. The summed E-state index contributed by atoms with van der Waals surface area (Å²) in [4.78, 5) is 19.1. The summed E-state index contributed by atoms with van der Waals surface area (Å²) >= 11 is 3.41. The van der Waals surface area contributed by atoms with Crippen LogP contribution >= 0.6 is 15.9 Å². The monoisotopic (exact) mass is 492 g/mol. The molecular weight excluding hydrogens is 476 g/mol. The maximum atomic E-state index is 12.3. The fourth-order valence-electron chi connectivity index (χ4n) is 2.77. The third kappa shape index (κ3) is 5.31. The Kier molecular flexibility index (Phi) is 7.57. The normalized spacial score (nSPS) is 10.4. The van der Waals surface area contributed by atoms with Gasteiger partial charge >= 0.3 is 0 Å². The third-order valence-corrected chi connectivity index (χ3v) is 4.66. The summed E-state index contributed by atoms with van der Waals surface area (Å²) in [7, 11) is 0. The zero-order valence-electron chi connectivity index (χ0n) is 16.9. The highest BCUT2D eigenvalue weighted by atomic mass is 79.9. The highest BCUT2D eigenvalue weighted by Gasteiger charge is 2.14. The quantitative estimate of drug-likeness (QED) is 0.360. The van der Waals surface area contributed by atoms with Gasteiger partial charge in [0.2, 0.25) is 5.95 Å². The van der Waals surface area contributed by atoms with E-state index in [0.717, 1.165) is 0 Å². The number of aromatic amines is 1. The second kappa shape index (κ2) is 10.8. The zero-order valence-corrected chi connectivity index (χ0v) is 18.5. The molecule has 0 aliphatic heterocycles. The lowest BCUT2D eigenvalue weighted by Crippen LogP contribution is -2.16. The number of halogens is 1. The number of hydrazone groups is 1. The molecule has 0 saturated carbocycles. The summed E-state index contributed by atoms with van der Waals surface area (Å²) < 4.78 is 11.6. The topological polar surface area (TPSA) is 136 Å². The smallest absolute Gasteiger partial charge is 0.270 e. The summed E-state index contributed by atoms with van der Waals surface area (Å²) in [5.74, 6) is 0.959. The molecule has 32 heavy (non-hydrogen) atoms. The van der Waals surface area contributed by atoms with E-state index < -0.39 is 5.56 Å². The number of hydrogen-bond acceptors (Lipinski definition) is 8. The Bertz CT molecular complexity index is 1280. The van der Waals surface area contributed by atoms with Crippen molar-refractivity contribution in [3.63, 3.8) is 0 Å². The van der Waals surface area contributed by atoms with Gasteiger partial charge in [-0.2, -0.15) is 15.6 Å². The van der Waals surface area contributed by atoms with Gasteiger partial charge in [0.05, 0.1) is 23.0 Å². The predicted octanol–water partition coefficient (Wildman–Crippen LogP) is 3.82. The lowest BCUT2D eigenvalue weighted by atomic mass is 10.1. The van der Waals surface area contributed by atoms with Gasteiger partial charge in [-0.1, -0.05) is 30.3 Å². The van der Waals surface area contributed by atoms with Crippen molar-refractivity contribution in [2.45, 2.75) is 6.92 Å². The first kappa shape index (κ1) is 22.5. The van der Waals surface area contributed by atoms with Crippen molar-refractivity contribution < 1.29 is 9.47 Å². The van der Waals surface area contributed by atoms with E-state index in [9.17, 15) is 10.1 Å². The first-order valence-corrected chi connectivity index (χ1v) is 10.2. The number of H-pyrrole nitrogens is 1. The van der Waals surface area contributed by atoms with Crippen molar-refractivity contribution in [3.05, 3.63) is 68.4 Å². The highest BCUT2D eigenvalue weighted by Crippen LogP contribution is 2.36. The van der Waals surface area contributed by atoms with Crippen LogP contribution in [-0.4, -0.2) is 29.4 Å². The number of nitrogens with zero attached hydrogens (tertiary/aromatic N) is 4. The van der Waals surface area contributed by atoms with Crippen LogP contribution in [0.15, 0.2) is 56.8 Å². The van der Waals surface area contributed by atoms with E-state index in [0.29, 0.717) is 33.7 Å². The average Bonchev–Trinajstić information content (AvgIpc) is 2.79. The van der Waals surface area contributed by atoms with Gasteiger partial charge in [-0.05, 0) is 40.5 Å². The van der Waals surface area contributed by atoms with Gasteiger partial charge in [0, 0.05) is 5.56 Å². The van der Waals surface area contributed by atoms with Gasteiger partial charge in [-0.25, -0.2) is 10.4 Å². The first-order chi connectivity index (χ1) is 15.6. The SMILES string of the molecule is CCOc1cc(C=NNc2nc(-c3ccccc3)c(C#N)c(=O)[nH]2)cc(Br)c1OCC#N. The van der Waals surface area contributed by atoms with Crippen LogP contribution in [-0.2, 0) is 0 Å². The summed E-state index contributed by atoms with van der Waals surface area (Å²) in [6.45, 7) is 2.13. The Labute approximate surface area is 192 Å². The zero-order chi connectivity index (χ0) is 22.9. The van der Waals surface area contributed by atoms with E-state index in [-0.39, 0.29) is 23.8 Å². The lowest BCUT2D eigenvalue weighted by Gasteiger charge is -2.12. The largest absolute Gasteiger partial charge is 0.490 e. The molecule has 0 spiro atoms. The van der Waals surface area contributed by atoms with E-state index in [1.165, 1.54) is 6.21 Å². The third-order valence-electron chi connectivity index (χ3n) is 4.08. The molecule has 1 heterocycles. The van der Waals surface area contributed by atoms with Crippen molar-refractivity contribution >= 4 is 28.1 Å². The maximum Gasteiger partial charge on any atom is 0.270 e. The van der Waals surface area contributed by atoms with Crippen molar-refractivity contribution in [2.75, 3.05) is 18.6 Å². The van der Waals surface area contributed by atoms with Gasteiger partial charge in [-0.15, -0.1) is 0 Å². The van der Waals surface area contributed by atoms with Gasteiger partial charge in [-0.3, -0.25) is 9.78 Å². The van der Waals surface area contributed by atoms with Crippen molar-refractivity contribution in [2.24, 2.45) is 5.10 Å². The number of nitriles is 2. The minimum atomic E-state index is -0.570. The molecule has 9 nitrogen and oxygen atoms in total. The van der Waals surface area contributed by atoms with Gasteiger partial charge in [0.1, 0.15) is 17.7 Å². The predicted molar refractivity (Wildman–Crippen MR) is 123 cm³/mol. The van der Waals surface area contributed by atoms with Crippen LogP contribution in [0.2, 0.25) is 0 Å². The van der Waals surface area contributed by atoms with Crippen LogP contribution in [0.25, 0.3) is 11.3 Å². The minimum absolute atomic E-state index is 0.0797. The summed E-state index contributed by atoms with van der Waals surface area (Å²) in [5.41, 5.74) is 3.59. The lowest BCUT2D eigenvalue weighted by molar-refractivity contribution is 0.297. The van der Waals surface area contributed by atoms with Crippen molar-refractivity contribution in [3.8, 4) is 34.9 Å². The summed E-state index contributed by atoms with van der Waals surface area (Å²) in [6.07, 6.45) is 1.50. The Morgan fingerprint density at radius 1 is 1.25 bits per heavy atom. The standard InChI is InChI=1S/C22H17BrN6O3/c1-2-31-18-11-14(10-17(23)20(18)32-9-8-24)13-26-29-22-27-19(15-6-4-3-5-7-15)16(12-25)21(30)28-22/h3-7,10-11,13H,2,9H2,1H3,(H2,27,28,29,30). The number of hydrogen-bond donors (Lipinski definition) is 2. The second-order valence-corrected chi connectivity index (χ2v) is 7.05. The van der Waals surface area contributed by atoms with Crippen molar-refractivity contribution in [1.82, 2.24) is 9.97 Å². The molecule has 0 aliphatic carbocycles. The minimum Gasteiger partial charge on any atom is -0.490 e. The highest BCUT2D eigenvalue weighted by molar-refractivity contribution is 9.10. The molecule has 160 valence electrons. The average molecular weight is 493 g/mol. The van der Waals surface area contributed by atoms with E-state index in [1.807, 2.05) is 25.1 Å². The van der Waals surface area contributed by atoms with Crippen LogP contribution in [0.3, 0.4) is 0 Å². The first-order valence-electron chi connectivity index (χ1n) is 9.42. The van der Waals surface area contributed by atoms with Crippen LogP contribution in [0.4, 0.5) is 5.95 Å². The summed E-state index contributed by atoms with van der Waals surface area (Å²) in [6, 6.07) is 16.2. The number of benzene rings is 2. The molecule has 0 radical (unpaired) electrons. The van der Waals surface area contributed by atoms with Gasteiger partial charge < -0.3 is 9.47 Å². The van der Waals surface area contributed by atoms with Crippen LogP contribution in [0.5, 0.6) is 11.5 Å². The number of nitrogens with one attached hydrogen (secondary N) is 2. The van der Waals surface area contributed by atoms with Gasteiger partial charge in [0.15, 0.2) is 18.1 Å². The number of ether oxygens (including phenoxy) is 2. The summed E-state index contributed by atoms with van der Waals surface area (Å²) in [5, 5.41) is 22.2. The number of rotatable bonds is 8. The second-order valence-electron chi connectivity index (χ2n) is 6.20. The Hall–Kier alpha value is -4.15. The van der Waals surface area contributed by atoms with E-state index in [2.05, 4.69) is 36.4 Å². The molecule has 2 aromatic carbocycles. The molecular formula is C22H17BrN6O3. The fourth-order valence-corrected chi connectivity index (χ4v) is 3.35. The molecule has 0 aliphatic rings. The molecule has 1 aromatic heterocycles. The number of anilines is 1. The van der Waals surface area contributed by atoms with Gasteiger partial charge in [0.25, 0.3) is 5.56 Å². The molecule has 10 heteroatoms. The molecule has 3 rings (SSSR count). The van der Waals surface area contributed by atoms with Crippen LogP contribution in [0, 0.1) is 22.7 Å². The van der Waals surface area contributed by atoms with E-state index in [4.69, 9.17) is 14.7 Å². The van der Waals surface area contributed by atoms with Crippen LogP contribution < -0.4 is 20.5 Å². The number of aromatic nitrogens is 2. The van der Waals surface area contributed by atoms with E-state index in [1.54, 1.807) is 36.4 Å². The molecule has 0 unspecified atom stereocenters. The Morgan fingerprint density at radius 3 is 2.72 bits per heavy atom. The molecule has 0 atom stereocenters. The molecule has 0 bridgehead atoms. The molecule has 0 amide bonds.